The summed E-state index contributed by atoms with van der Waals surface area (Å²) in [4.78, 5) is 16.1. The molecule has 0 bridgehead atoms. The molecule has 0 atom stereocenters. The van der Waals surface area contributed by atoms with Crippen molar-refractivity contribution in [1.29, 1.82) is 0 Å². The molecule has 0 aliphatic rings. The number of hydrogen-bond donors (Lipinski definition) is 2. The first kappa shape index (κ1) is 15.2. The van der Waals surface area contributed by atoms with Gasteiger partial charge >= 0.3 is 5.97 Å². The first-order valence-corrected chi connectivity index (χ1v) is 8.06. The summed E-state index contributed by atoms with van der Waals surface area (Å²) in [6.45, 7) is 3.97. The van der Waals surface area contributed by atoms with Crippen LogP contribution in [0.3, 0.4) is 0 Å². The molecule has 2 rings (SSSR count). The molecule has 0 aliphatic heterocycles. The molecular weight excluding hydrogens is 387 g/mol. The Morgan fingerprint density at radius 3 is 2.85 bits per heavy atom. The number of anilines is 2. The molecule has 4 nitrogen and oxygen atoms in total. The third kappa shape index (κ3) is 3.92. The van der Waals surface area contributed by atoms with Crippen molar-refractivity contribution in [2.75, 3.05) is 5.32 Å². The average molecular weight is 402 g/mol. The highest BCUT2D eigenvalue weighted by Gasteiger charge is 2.10. The van der Waals surface area contributed by atoms with Crippen LogP contribution in [0.25, 0.3) is 0 Å². The van der Waals surface area contributed by atoms with Gasteiger partial charge in [-0.25, -0.2) is 4.98 Å². The van der Waals surface area contributed by atoms with Gasteiger partial charge in [-0.15, -0.1) is 11.3 Å². The van der Waals surface area contributed by atoms with Crippen molar-refractivity contribution in [1.82, 2.24) is 4.98 Å². The van der Waals surface area contributed by atoms with Crippen molar-refractivity contribution in [2.24, 2.45) is 0 Å². The third-order valence-electron chi connectivity index (χ3n) is 2.89. The summed E-state index contributed by atoms with van der Waals surface area (Å²) in [5.41, 5.74) is 3.10. The predicted molar refractivity (Wildman–Crippen MR) is 90.0 cm³/mol. The Morgan fingerprint density at radius 1 is 1.45 bits per heavy atom. The van der Waals surface area contributed by atoms with Gasteiger partial charge in [0.05, 0.1) is 12.1 Å². The molecule has 20 heavy (non-hydrogen) atoms. The van der Waals surface area contributed by atoms with Crippen molar-refractivity contribution < 1.29 is 9.90 Å². The number of benzene rings is 1. The summed E-state index contributed by atoms with van der Waals surface area (Å²) >= 11 is 3.81. The van der Waals surface area contributed by atoms with Gasteiger partial charge in [0.15, 0.2) is 5.13 Å². The van der Waals surface area contributed by atoms with Crippen LogP contribution in [0.2, 0.25) is 0 Å². The fourth-order valence-corrected chi connectivity index (χ4v) is 3.44. The number of thiazole rings is 1. The highest BCUT2D eigenvalue weighted by molar-refractivity contribution is 14.1. The lowest BCUT2D eigenvalue weighted by Gasteiger charge is -2.06. The Balaban J connectivity index is 2.13. The molecule has 1 aromatic carbocycles. The molecule has 6 heteroatoms. The van der Waals surface area contributed by atoms with E-state index in [0.717, 1.165) is 27.0 Å². The van der Waals surface area contributed by atoms with Gasteiger partial charge in [0.1, 0.15) is 0 Å². The maximum atomic E-state index is 10.6. The predicted octanol–water partition coefficient (Wildman–Crippen LogP) is 4.13. The van der Waals surface area contributed by atoms with Crippen molar-refractivity contribution in [3.63, 3.8) is 0 Å². The molecule has 0 amide bonds. The number of nitrogens with one attached hydrogen (secondary N) is 1. The Bertz CT molecular complexity index is 640. The first-order valence-electron chi connectivity index (χ1n) is 6.17. The molecule has 1 heterocycles. The number of nitrogens with zero attached hydrogens (tertiary/aromatic N) is 1. The minimum atomic E-state index is -0.777. The van der Waals surface area contributed by atoms with Crippen LogP contribution in [0.4, 0.5) is 10.8 Å². The monoisotopic (exact) mass is 402 g/mol. The molecule has 0 radical (unpaired) electrons. The number of rotatable bonds is 5. The first-order chi connectivity index (χ1) is 9.45. The van der Waals surface area contributed by atoms with Crippen molar-refractivity contribution in [3.05, 3.63) is 37.9 Å². The van der Waals surface area contributed by atoms with E-state index in [1.54, 1.807) is 0 Å². The molecule has 106 valence electrons. The minimum Gasteiger partial charge on any atom is -0.481 e. The third-order valence-corrected chi connectivity index (χ3v) is 4.69. The highest BCUT2D eigenvalue weighted by Crippen LogP contribution is 2.28. The van der Waals surface area contributed by atoms with Crippen LogP contribution in [0.5, 0.6) is 0 Å². The molecule has 0 spiro atoms. The molecular formula is C14H15IN2O2S. The number of aliphatic carboxylic acids is 1. The summed E-state index contributed by atoms with van der Waals surface area (Å²) < 4.78 is 1.20. The lowest BCUT2D eigenvalue weighted by atomic mass is 10.2. The summed E-state index contributed by atoms with van der Waals surface area (Å²) in [5.74, 6) is -0.777. The van der Waals surface area contributed by atoms with E-state index < -0.39 is 5.97 Å². The van der Waals surface area contributed by atoms with Crippen LogP contribution in [-0.2, 0) is 11.2 Å². The van der Waals surface area contributed by atoms with E-state index in [-0.39, 0.29) is 6.42 Å². The fourth-order valence-electron chi connectivity index (χ4n) is 1.82. The van der Waals surface area contributed by atoms with Gasteiger partial charge in [-0.3, -0.25) is 4.79 Å². The topological polar surface area (TPSA) is 62.2 Å². The molecule has 2 aromatic rings. The van der Waals surface area contributed by atoms with E-state index in [2.05, 4.69) is 45.9 Å². The van der Waals surface area contributed by atoms with Crippen molar-refractivity contribution in [3.8, 4) is 0 Å². The SMILES string of the molecule is Cc1cc(I)ccc1Nc1nc(C)c(CCC(=O)O)s1. The molecule has 0 unspecified atom stereocenters. The van der Waals surface area contributed by atoms with E-state index in [9.17, 15) is 4.79 Å². The van der Waals surface area contributed by atoms with E-state index in [1.807, 2.05) is 19.1 Å². The number of aryl methyl sites for hydroxylation is 3. The van der Waals surface area contributed by atoms with Gasteiger partial charge in [0.25, 0.3) is 0 Å². The van der Waals surface area contributed by atoms with Gasteiger partial charge in [0.2, 0.25) is 0 Å². The maximum Gasteiger partial charge on any atom is 0.303 e. The van der Waals surface area contributed by atoms with Crippen LogP contribution in [0, 0.1) is 17.4 Å². The number of carboxylic acids is 1. The largest absolute Gasteiger partial charge is 0.481 e. The molecule has 0 fully saturated rings. The van der Waals surface area contributed by atoms with E-state index >= 15 is 0 Å². The molecule has 2 N–H and O–H groups in total. The average Bonchev–Trinajstić information content (AvgIpc) is 2.71. The van der Waals surface area contributed by atoms with Crippen LogP contribution in [0.15, 0.2) is 18.2 Å². The van der Waals surface area contributed by atoms with Gasteiger partial charge in [-0.1, -0.05) is 0 Å². The van der Waals surface area contributed by atoms with Crippen molar-refractivity contribution >= 4 is 50.7 Å². The van der Waals surface area contributed by atoms with Gasteiger partial charge in [-0.05, 0) is 66.6 Å². The Morgan fingerprint density at radius 2 is 2.20 bits per heavy atom. The number of halogens is 1. The summed E-state index contributed by atoms with van der Waals surface area (Å²) in [7, 11) is 0. The number of hydrogen-bond acceptors (Lipinski definition) is 4. The lowest BCUT2D eigenvalue weighted by molar-refractivity contribution is -0.136. The zero-order valence-corrected chi connectivity index (χ0v) is 14.2. The molecule has 1 aromatic heterocycles. The van der Waals surface area contributed by atoms with Crippen LogP contribution in [0.1, 0.15) is 22.6 Å². The summed E-state index contributed by atoms with van der Waals surface area (Å²) in [5, 5.41) is 12.9. The smallest absolute Gasteiger partial charge is 0.303 e. The summed E-state index contributed by atoms with van der Waals surface area (Å²) in [6, 6.07) is 6.18. The second-order valence-electron chi connectivity index (χ2n) is 4.51. The van der Waals surface area contributed by atoms with Gasteiger partial charge in [0, 0.05) is 14.1 Å². The van der Waals surface area contributed by atoms with E-state index in [0.29, 0.717) is 6.42 Å². The normalized spacial score (nSPS) is 10.6. The van der Waals surface area contributed by atoms with Gasteiger partial charge < -0.3 is 10.4 Å². The quantitative estimate of drug-likeness (QED) is 0.739. The van der Waals surface area contributed by atoms with E-state index in [1.165, 1.54) is 14.9 Å². The Labute approximate surface area is 135 Å². The number of carboxylic acid groups (broad SMARTS) is 1. The second-order valence-corrected chi connectivity index (χ2v) is 6.83. The standard InChI is InChI=1S/C14H15IN2O2S/c1-8-7-10(15)3-4-11(8)17-14-16-9(2)12(20-14)5-6-13(18)19/h3-4,7H,5-6H2,1-2H3,(H,16,17)(H,18,19). The van der Waals surface area contributed by atoms with E-state index in [4.69, 9.17) is 5.11 Å². The highest BCUT2D eigenvalue weighted by atomic mass is 127. The zero-order valence-electron chi connectivity index (χ0n) is 11.2. The van der Waals surface area contributed by atoms with Crippen molar-refractivity contribution in [2.45, 2.75) is 26.7 Å². The molecule has 0 aliphatic carbocycles. The van der Waals surface area contributed by atoms with Crippen LogP contribution < -0.4 is 5.32 Å². The second kappa shape index (κ2) is 6.53. The molecule has 0 saturated carbocycles. The van der Waals surface area contributed by atoms with Crippen LogP contribution in [-0.4, -0.2) is 16.1 Å². The van der Waals surface area contributed by atoms with Gasteiger partial charge in [-0.2, -0.15) is 0 Å². The maximum absolute atomic E-state index is 10.6. The zero-order chi connectivity index (χ0) is 14.7. The fraction of sp³-hybridized carbons (Fsp3) is 0.286. The molecule has 0 saturated heterocycles. The van der Waals surface area contributed by atoms with Crippen LogP contribution >= 0.6 is 33.9 Å². The minimum absolute atomic E-state index is 0.144. The summed E-state index contributed by atoms with van der Waals surface area (Å²) in [6.07, 6.45) is 0.678. The Hall–Kier alpha value is -1.15. The number of carbonyl (C=O) groups is 1. The number of aromatic nitrogens is 1. The Kier molecular flexibility index (Phi) is 4.98. The lowest BCUT2D eigenvalue weighted by Crippen LogP contribution is -1.96.